The fraction of sp³-hybridized carbons (Fsp3) is 0.700. The smallest absolute Gasteiger partial charge is 0.321 e. The van der Waals surface area contributed by atoms with Gasteiger partial charge in [0.25, 0.3) is 0 Å². The Balaban J connectivity index is 4.01. The van der Waals surface area contributed by atoms with Crippen molar-refractivity contribution in [3.05, 3.63) is 0 Å². The van der Waals surface area contributed by atoms with Crippen molar-refractivity contribution >= 4 is 17.9 Å². The van der Waals surface area contributed by atoms with Crippen molar-refractivity contribution in [1.82, 2.24) is 10.6 Å². The summed E-state index contributed by atoms with van der Waals surface area (Å²) in [5, 5.41) is 12.9. The number of hydrogen-bond acceptors (Lipinski definition) is 4. The van der Waals surface area contributed by atoms with Crippen LogP contribution in [0.15, 0.2) is 0 Å². The zero-order valence-corrected chi connectivity index (χ0v) is 10.2. The lowest BCUT2D eigenvalue weighted by molar-refractivity contribution is -0.138. The van der Waals surface area contributed by atoms with Crippen LogP contribution in [0.5, 0.6) is 0 Å². The van der Waals surface area contributed by atoms with Crippen LogP contribution in [0.3, 0.4) is 0 Å². The first kappa shape index (κ1) is 15.4. The highest BCUT2D eigenvalue weighted by molar-refractivity contribution is 5.95. The van der Waals surface area contributed by atoms with Gasteiger partial charge in [0, 0.05) is 13.5 Å². The van der Waals surface area contributed by atoms with Gasteiger partial charge in [-0.3, -0.25) is 14.9 Å². The zero-order valence-electron chi connectivity index (χ0n) is 10.2. The Bertz CT molecular complexity index is 301. The predicted octanol–water partition coefficient (Wildman–Crippen LogP) is 0.102. The van der Waals surface area contributed by atoms with Crippen molar-refractivity contribution < 1.29 is 24.2 Å². The summed E-state index contributed by atoms with van der Waals surface area (Å²) in [5.74, 6) is -1.71. The second-order valence-corrected chi connectivity index (χ2v) is 4.21. The highest BCUT2D eigenvalue weighted by Gasteiger charge is 2.21. The van der Waals surface area contributed by atoms with E-state index in [1.807, 2.05) is 5.32 Å². The number of ether oxygens (including phenoxy) is 1. The quantitative estimate of drug-likeness (QED) is 0.616. The van der Waals surface area contributed by atoms with E-state index in [0.29, 0.717) is 6.61 Å². The summed E-state index contributed by atoms with van der Waals surface area (Å²) >= 11 is 0. The molecular formula is C10H18N2O5. The number of methoxy groups -OCH3 is 1. The normalized spacial score (nSPS) is 10.8. The van der Waals surface area contributed by atoms with Gasteiger partial charge < -0.3 is 15.2 Å². The molecule has 0 heterocycles. The van der Waals surface area contributed by atoms with E-state index >= 15 is 0 Å². The van der Waals surface area contributed by atoms with Crippen molar-refractivity contribution in [3.63, 3.8) is 0 Å². The monoisotopic (exact) mass is 246 g/mol. The van der Waals surface area contributed by atoms with Gasteiger partial charge in [-0.15, -0.1) is 0 Å². The molecule has 0 bridgehead atoms. The van der Waals surface area contributed by atoms with E-state index in [0.717, 1.165) is 0 Å². The molecule has 17 heavy (non-hydrogen) atoms. The molecule has 0 aromatic heterocycles. The average Bonchev–Trinajstić information content (AvgIpc) is 2.13. The molecule has 0 aromatic rings. The molecule has 0 spiro atoms. The van der Waals surface area contributed by atoms with E-state index < -0.39 is 23.4 Å². The van der Waals surface area contributed by atoms with Gasteiger partial charge in [-0.1, -0.05) is 0 Å². The molecule has 0 atom stereocenters. The molecule has 7 heteroatoms. The standard InChI is InChI=1S/C10H18N2O5/c1-10(2,6-17-3)12-9(16)11-7(13)4-5-8(14)15/h4-6H2,1-3H3,(H,14,15)(H2,11,12,13,16). The van der Waals surface area contributed by atoms with Crippen LogP contribution in [0.25, 0.3) is 0 Å². The Hall–Kier alpha value is -1.63. The number of imide groups is 1. The molecule has 0 fully saturated rings. The summed E-state index contributed by atoms with van der Waals surface area (Å²) < 4.78 is 4.89. The summed E-state index contributed by atoms with van der Waals surface area (Å²) in [6.07, 6.45) is -0.534. The van der Waals surface area contributed by atoms with E-state index in [2.05, 4.69) is 5.32 Å². The van der Waals surface area contributed by atoms with E-state index in [-0.39, 0.29) is 12.8 Å². The SMILES string of the molecule is COCC(C)(C)NC(=O)NC(=O)CCC(=O)O. The summed E-state index contributed by atoms with van der Waals surface area (Å²) in [5.41, 5.74) is -0.605. The van der Waals surface area contributed by atoms with Crippen LogP contribution in [-0.4, -0.2) is 42.3 Å². The highest BCUT2D eigenvalue weighted by atomic mass is 16.5. The van der Waals surface area contributed by atoms with Crippen molar-refractivity contribution in [1.29, 1.82) is 0 Å². The second kappa shape index (κ2) is 6.85. The van der Waals surface area contributed by atoms with Crippen LogP contribution in [-0.2, 0) is 14.3 Å². The first-order valence-corrected chi connectivity index (χ1v) is 5.09. The van der Waals surface area contributed by atoms with Crippen molar-refractivity contribution in [2.45, 2.75) is 32.2 Å². The van der Waals surface area contributed by atoms with Gasteiger partial charge in [0.05, 0.1) is 18.6 Å². The maximum atomic E-state index is 11.3. The number of carbonyl (C=O) groups excluding carboxylic acids is 2. The highest BCUT2D eigenvalue weighted by Crippen LogP contribution is 2.01. The van der Waals surface area contributed by atoms with Gasteiger partial charge >= 0.3 is 12.0 Å². The van der Waals surface area contributed by atoms with Gasteiger partial charge in [0.2, 0.25) is 5.91 Å². The van der Waals surface area contributed by atoms with Gasteiger partial charge in [-0.2, -0.15) is 0 Å². The zero-order chi connectivity index (χ0) is 13.5. The minimum Gasteiger partial charge on any atom is -0.481 e. The lowest BCUT2D eigenvalue weighted by atomic mass is 10.1. The Kier molecular flexibility index (Phi) is 6.19. The summed E-state index contributed by atoms with van der Waals surface area (Å²) in [6.45, 7) is 3.76. The number of aliphatic carboxylic acids is 1. The van der Waals surface area contributed by atoms with Crippen molar-refractivity contribution in [3.8, 4) is 0 Å². The first-order valence-electron chi connectivity index (χ1n) is 5.09. The van der Waals surface area contributed by atoms with Crippen LogP contribution < -0.4 is 10.6 Å². The third-order valence-corrected chi connectivity index (χ3v) is 1.78. The molecule has 7 nitrogen and oxygen atoms in total. The van der Waals surface area contributed by atoms with Crippen LogP contribution >= 0.6 is 0 Å². The Morgan fingerprint density at radius 1 is 1.24 bits per heavy atom. The molecule has 0 saturated carbocycles. The molecular weight excluding hydrogens is 228 g/mol. The number of carbonyl (C=O) groups is 3. The largest absolute Gasteiger partial charge is 0.481 e. The van der Waals surface area contributed by atoms with Crippen molar-refractivity contribution in [2.75, 3.05) is 13.7 Å². The minimum atomic E-state index is -1.08. The molecule has 0 rings (SSSR count). The fourth-order valence-corrected chi connectivity index (χ4v) is 1.15. The number of nitrogens with one attached hydrogen (secondary N) is 2. The third-order valence-electron chi connectivity index (χ3n) is 1.78. The van der Waals surface area contributed by atoms with Crippen LogP contribution in [0.1, 0.15) is 26.7 Å². The Morgan fingerprint density at radius 3 is 2.29 bits per heavy atom. The van der Waals surface area contributed by atoms with Crippen molar-refractivity contribution in [2.24, 2.45) is 0 Å². The summed E-state index contributed by atoms with van der Waals surface area (Å²) in [6, 6.07) is -0.664. The van der Waals surface area contributed by atoms with Gasteiger partial charge in [-0.05, 0) is 13.8 Å². The number of hydrogen-bond donors (Lipinski definition) is 3. The maximum Gasteiger partial charge on any atom is 0.321 e. The van der Waals surface area contributed by atoms with E-state index in [1.54, 1.807) is 13.8 Å². The number of carboxylic acids is 1. The Labute approximate surface area is 99.5 Å². The average molecular weight is 246 g/mol. The second-order valence-electron chi connectivity index (χ2n) is 4.21. The first-order chi connectivity index (χ1) is 7.76. The lowest BCUT2D eigenvalue weighted by Gasteiger charge is -2.24. The van der Waals surface area contributed by atoms with E-state index in [4.69, 9.17) is 9.84 Å². The molecule has 0 aliphatic heterocycles. The lowest BCUT2D eigenvalue weighted by Crippen LogP contribution is -2.52. The molecule has 0 saturated heterocycles. The van der Waals surface area contributed by atoms with Crippen LogP contribution in [0, 0.1) is 0 Å². The molecule has 0 aliphatic rings. The number of amides is 3. The topological polar surface area (TPSA) is 105 Å². The maximum absolute atomic E-state index is 11.3. The van der Waals surface area contributed by atoms with Gasteiger partial charge in [0.15, 0.2) is 0 Å². The molecule has 0 unspecified atom stereocenters. The van der Waals surface area contributed by atoms with Crippen LogP contribution in [0.4, 0.5) is 4.79 Å². The Morgan fingerprint density at radius 2 is 1.82 bits per heavy atom. The molecule has 0 aromatic carbocycles. The molecule has 3 amide bonds. The minimum absolute atomic E-state index is 0.229. The summed E-state index contributed by atoms with van der Waals surface area (Å²) in [7, 11) is 1.50. The molecule has 98 valence electrons. The molecule has 3 N–H and O–H groups in total. The number of rotatable bonds is 6. The fourth-order valence-electron chi connectivity index (χ4n) is 1.15. The van der Waals surface area contributed by atoms with Gasteiger partial charge in [-0.25, -0.2) is 4.79 Å². The molecule has 0 aliphatic carbocycles. The number of urea groups is 1. The summed E-state index contributed by atoms with van der Waals surface area (Å²) in [4.78, 5) is 32.7. The van der Waals surface area contributed by atoms with E-state index in [1.165, 1.54) is 7.11 Å². The van der Waals surface area contributed by atoms with E-state index in [9.17, 15) is 14.4 Å². The predicted molar refractivity (Wildman–Crippen MR) is 59.5 cm³/mol. The van der Waals surface area contributed by atoms with Crippen LogP contribution in [0.2, 0.25) is 0 Å². The molecule has 0 radical (unpaired) electrons. The third kappa shape index (κ3) is 8.21. The number of carboxylic acid groups (broad SMARTS) is 1. The van der Waals surface area contributed by atoms with Gasteiger partial charge in [0.1, 0.15) is 0 Å².